The van der Waals surface area contributed by atoms with Crippen LogP contribution in [0, 0.1) is 17.8 Å². The Morgan fingerprint density at radius 1 is 1.39 bits per heavy atom. The Labute approximate surface area is 140 Å². The summed E-state index contributed by atoms with van der Waals surface area (Å²) >= 11 is 0. The van der Waals surface area contributed by atoms with Crippen molar-refractivity contribution in [3.63, 3.8) is 0 Å². The molecule has 0 aromatic rings. The highest BCUT2D eigenvalue weighted by Gasteiger charge is 2.47. The van der Waals surface area contributed by atoms with E-state index in [0.717, 1.165) is 19.4 Å². The Morgan fingerprint density at radius 2 is 2.09 bits per heavy atom. The second-order valence-corrected chi connectivity index (χ2v) is 8.50. The lowest BCUT2D eigenvalue weighted by Gasteiger charge is -2.29. The van der Waals surface area contributed by atoms with Crippen molar-refractivity contribution in [2.75, 3.05) is 19.8 Å². The van der Waals surface area contributed by atoms with Crippen LogP contribution in [-0.4, -0.2) is 53.6 Å². The summed E-state index contributed by atoms with van der Waals surface area (Å²) in [5, 5.41) is 9.80. The van der Waals surface area contributed by atoms with Gasteiger partial charge in [-0.2, -0.15) is 0 Å². The summed E-state index contributed by atoms with van der Waals surface area (Å²) in [6.07, 6.45) is 2.94. The number of fused-ring (bicyclic) bond motifs is 1. The van der Waals surface area contributed by atoms with Crippen molar-refractivity contribution in [2.24, 2.45) is 17.8 Å². The minimum absolute atomic E-state index is 0.0651. The van der Waals surface area contributed by atoms with Crippen LogP contribution in [0.5, 0.6) is 0 Å². The van der Waals surface area contributed by atoms with E-state index in [1.165, 1.54) is 6.42 Å². The first kappa shape index (κ1) is 18.5. The van der Waals surface area contributed by atoms with E-state index in [0.29, 0.717) is 24.3 Å². The van der Waals surface area contributed by atoms with Crippen molar-refractivity contribution in [3.05, 3.63) is 0 Å². The Bertz CT molecular complexity index is 404. The van der Waals surface area contributed by atoms with E-state index in [1.807, 2.05) is 20.8 Å². The van der Waals surface area contributed by atoms with Crippen molar-refractivity contribution in [2.45, 2.75) is 71.6 Å². The molecule has 2 fully saturated rings. The third-order valence-corrected chi connectivity index (χ3v) is 4.77. The molecule has 0 unspecified atom stereocenters. The summed E-state index contributed by atoms with van der Waals surface area (Å²) in [6, 6.07) is -0.285. The average molecular weight is 327 g/mol. The molecule has 4 atom stereocenters. The monoisotopic (exact) mass is 327 g/mol. The molecule has 2 aliphatic rings. The van der Waals surface area contributed by atoms with Gasteiger partial charge in [-0.25, -0.2) is 4.79 Å². The first-order valence-corrected chi connectivity index (χ1v) is 8.93. The molecule has 0 saturated carbocycles. The van der Waals surface area contributed by atoms with Crippen LogP contribution >= 0.6 is 0 Å². The van der Waals surface area contributed by atoms with Gasteiger partial charge < -0.3 is 14.6 Å². The predicted octanol–water partition coefficient (Wildman–Crippen LogP) is 3.06. The van der Waals surface area contributed by atoms with E-state index in [2.05, 4.69) is 13.8 Å². The Balaban J connectivity index is 2.07. The van der Waals surface area contributed by atoms with Crippen LogP contribution in [0.2, 0.25) is 0 Å². The zero-order valence-corrected chi connectivity index (χ0v) is 15.2. The molecule has 0 aliphatic carbocycles. The van der Waals surface area contributed by atoms with Crippen molar-refractivity contribution in [3.8, 4) is 0 Å². The van der Waals surface area contributed by atoms with E-state index in [1.54, 1.807) is 4.90 Å². The van der Waals surface area contributed by atoms with Gasteiger partial charge in [0.25, 0.3) is 0 Å². The van der Waals surface area contributed by atoms with Gasteiger partial charge in [0.1, 0.15) is 5.60 Å². The minimum Gasteiger partial charge on any atom is -0.444 e. The largest absolute Gasteiger partial charge is 0.444 e. The first-order valence-electron chi connectivity index (χ1n) is 8.93. The number of hydrogen-bond acceptors (Lipinski definition) is 4. The number of ether oxygens (including phenoxy) is 2. The van der Waals surface area contributed by atoms with Gasteiger partial charge in [-0.15, -0.1) is 0 Å². The molecule has 23 heavy (non-hydrogen) atoms. The predicted molar refractivity (Wildman–Crippen MR) is 89.2 cm³/mol. The topological polar surface area (TPSA) is 59.0 Å². The molecular weight excluding hydrogens is 294 g/mol. The van der Waals surface area contributed by atoms with Gasteiger partial charge in [0, 0.05) is 19.1 Å². The van der Waals surface area contributed by atoms with Gasteiger partial charge in [0.2, 0.25) is 0 Å². The van der Waals surface area contributed by atoms with Gasteiger partial charge in [0.15, 0.2) is 0 Å². The van der Waals surface area contributed by atoms with Crippen molar-refractivity contribution >= 4 is 6.09 Å². The Morgan fingerprint density at radius 3 is 2.65 bits per heavy atom. The highest BCUT2D eigenvalue weighted by molar-refractivity contribution is 5.69. The molecule has 0 radical (unpaired) electrons. The van der Waals surface area contributed by atoms with Crippen LogP contribution in [0.4, 0.5) is 4.79 Å². The van der Waals surface area contributed by atoms with Gasteiger partial charge in [0.05, 0.1) is 18.8 Å². The number of carbonyl (C=O) groups excluding carboxylic acids is 1. The molecule has 0 aromatic heterocycles. The molecule has 2 rings (SSSR count). The summed E-state index contributed by atoms with van der Waals surface area (Å²) in [5.41, 5.74) is -0.525. The second kappa shape index (κ2) is 7.39. The average Bonchev–Trinajstić information content (AvgIpc) is 2.63. The molecule has 0 spiro atoms. The van der Waals surface area contributed by atoms with Crippen molar-refractivity contribution in [1.29, 1.82) is 0 Å². The molecule has 2 aliphatic heterocycles. The maximum absolute atomic E-state index is 12.5. The summed E-state index contributed by atoms with van der Waals surface area (Å²) in [4.78, 5) is 14.1. The number of hydrogen-bond donors (Lipinski definition) is 1. The van der Waals surface area contributed by atoms with Gasteiger partial charge in [-0.3, -0.25) is 4.90 Å². The fourth-order valence-electron chi connectivity index (χ4n) is 3.97. The number of likely N-dealkylation sites (tertiary alicyclic amines) is 1. The number of nitrogens with zero attached hydrogens (tertiary/aromatic N) is 1. The Hall–Kier alpha value is -0.810. The van der Waals surface area contributed by atoms with Crippen LogP contribution in [0.1, 0.15) is 53.9 Å². The zero-order chi connectivity index (χ0) is 17.2. The molecule has 134 valence electrons. The van der Waals surface area contributed by atoms with E-state index < -0.39 is 5.60 Å². The van der Waals surface area contributed by atoms with Crippen molar-refractivity contribution < 1.29 is 19.4 Å². The number of aliphatic hydroxyl groups excluding tert-OH is 1. The lowest BCUT2D eigenvalue weighted by molar-refractivity contribution is -0.0157. The molecule has 1 N–H and O–H groups in total. The molecular formula is C18H33NO4. The fraction of sp³-hybridized carbons (Fsp3) is 0.944. The summed E-state index contributed by atoms with van der Waals surface area (Å²) in [7, 11) is 0. The zero-order valence-electron chi connectivity index (χ0n) is 15.2. The van der Waals surface area contributed by atoms with Crippen LogP contribution in [0.25, 0.3) is 0 Å². The lowest BCUT2D eigenvalue weighted by atomic mass is 9.85. The highest BCUT2D eigenvalue weighted by atomic mass is 16.6. The summed E-state index contributed by atoms with van der Waals surface area (Å²) < 4.78 is 11.5. The normalized spacial score (nSPS) is 31.9. The Kier molecular flexibility index (Phi) is 5.95. The molecule has 2 saturated heterocycles. The quantitative estimate of drug-likeness (QED) is 0.865. The van der Waals surface area contributed by atoms with Gasteiger partial charge in [-0.1, -0.05) is 13.8 Å². The number of carbonyl (C=O) groups is 1. The molecule has 1 amide bonds. The van der Waals surface area contributed by atoms with Gasteiger partial charge >= 0.3 is 6.09 Å². The van der Waals surface area contributed by atoms with Crippen LogP contribution < -0.4 is 0 Å². The first-order chi connectivity index (χ1) is 10.7. The van der Waals surface area contributed by atoms with Crippen LogP contribution in [0.15, 0.2) is 0 Å². The van der Waals surface area contributed by atoms with Crippen LogP contribution in [-0.2, 0) is 9.47 Å². The van der Waals surface area contributed by atoms with Crippen molar-refractivity contribution in [1.82, 2.24) is 4.90 Å². The van der Waals surface area contributed by atoms with E-state index in [-0.39, 0.29) is 24.8 Å². The molecule has 5 nitrogen and oxygen atoms in total. The van der Waals surface area contributed by atoms with Gasteiger partial charge in [-0.05, 0) is 51.9 Å². The standard InChI is InChI=1S/C18H33NO4/c1-12(2)8-13-6-7-22-16-14(9-13)10-19(15(16)11-20)17(21)23-18(3,4)5/h12-16,20H,6-11H2,1-5H3/t13-,14-,15+,16+/m0/s1. The number of aliphatic hydroxyl groups is 1. The number of rotatable bonds is 3. The molecule has 2 heterocycles. The lowest BCUT2D eigenvalue weighted by Crippen LogP contribution is -2.45. The fourth-order valence-corrected chi connectivity index (χ4v) is 3.97. The smallest absolute Gasteiger partial charge is 0.410 e. The number of amides is 1. The SMILES string of the molecule is CC(C)C[C@@H]1CCO[C@@H]2[C@@H](C1)CN(C(=O)OC(C)(C)C)[C@@H]2CO. The third kappa shape index (κ3) is 4.83. The molecule has 0 aromatic carbocycles. The summed E-state index contributed by atoms with van der Waals surface area (Å²) in [6.45, 7) is 11.4. The van der Waals surface area contributed by atoms with E-state index >= 15 is 0 Å². The molecule has 0 bridgehead atoms. The maximum atomic E-state index is 12.5. The highest BCUT2D eigenvalue weighted by Crippen LogP contribution is 2.37. The molecule has 5 heteroatoms. The maximum Gasteiger partial charge on any atom is 0.410 e. The third-order valence-electron chi connectivity index (χ3n) is 4.77. The summed E-state index contributed by atoms with van der Waals surface area (Å²) in [5.74, 6) is 1.61. The van der Waals surface area contributed by atoms with E-state index in [4.69, 9.17) is 9.47 Å². The van der Waals surface area contributed by atoms with E-state index in [9.17, 15) is 9.90 Å². The second-order valence-electron chi connectivity index (χ2n) is 8.50. The van der Waals surface area contributed by atoms with Crippen LogP contribution in [0.3, 0.4) is 0 Å². The minimum atomic E-state index is -0.525.